The molecule has 1 aliphatic carbocycles. The van der Waals surface area contributed by atoms with E-state index < -0.39 is 0 Å². The van der Waals surface area contributed by atoms with E-state index in [-0.39, 0.29) is 10.6 Å². The minimum Gasteiger partial charge on any atom is -0.495 e. The van der Waals surface area contributed by atoms with Gasteiger partial charge in [-0.3, -0.25) is 10.1 Å². The molecule has 1 saturated carbocycles. The summed E-state index contributed by atoms with van der Waals surface area (Å²) < 4.78 is 5.26. The molecule has 0 aliphatic heterocycles. The van der Waals surface area contributed by atoms with Gasteiger partial charge in [-0.1, -0.05) is 19.8 Å². The maximum absolute atomic E-state index is 10.8. The highest BCUT2D eigenvalue weighted by atomic mass is 16.6. The first-order chi connectivity index (χ1) is 9.10. The molecule has 0 spiro atoms. The lowest BCUT2D eigenvalue weighted by molar-refractivity contribution is -0.384. The standard InChI is InChI=1S/C14H20N2O3/c1-10-4-3-5-11(8-10)15-13-9-12(16(17)18)6-7-14(13)19-2/h6-7,9-11,15H,3-5,8H2,1-2H3/t10-,11-/m0/s1. The van der Waals surface area contributed by atoms with E-state index in [1.54, 1.807) is 19.2 Å². The third-order valence-corrected chi connectivity index (χ3v) is 3.69. The van der Waals surface area contributed by atoms with Crippen molar-refractivity contribution in [2.24, 2.45) is 5.92 Å². The van der Waals surface area contributed by atoms with Gasteiger partial charge >= 0.3 is 0 Å². The van der Waals surface area contributed by atoms with Crippen molar-refractivity contribution in [3.05, 3.63) is 28.3 Å². The SMILES string of the molecule is COc1ccc([N+](=O)[O-])cc1N[C@H]1CCC[C@H](C)C1. The smallest absolute Gasteiger partial charge is 0.271 e. The Bertz CT molecular complexity index is 462. The average Bonchev–Trinajstić information content (AvgIpc) is 2.38. The topological polar surface area (TPSA) is 64.4 Å². The molecule has 5 heteroatoms. The molecule has 0 aromatic heterocycles. The normalized spacial score (nSPS) is 22.8. The summed E-state index contributed by atoms with van der Waals surface area (Å²) in [7, 11) is 1.58. The number of nitro benzene ring substituents is 1. The lowest BCUT2D eigenvalue weighted by Gasteiger charge is -2.28. The van der Waals surface area contributed by atoms with Crippen LogP contribution in [-0.4, -0.2) is 18.1 Å². The van der Waals surface area contributed by atoms with Crippen molar-refractivity contribution in [2.75, 3.05) is 12.4 Å². The van der Waals surface area contributed by atoms with Crippen molar-refractivity contribution in [1.82, 2.24) is 0 Å². The van der Waals surface area contributed by atoms with E-state index in [1.165, 1.54) is 18.9 Å². The number of benzene rings is 1. The number of non-ortho nitro benzene ring substituents is 1. The van der Waals surface area contributed by atoms with Crippen LogP contribution in [0.4, 0.5) is 11.4 Å². The Kier molecular flexibility index (Phi) is 4.24. The molecule has 1 N–H and O–H groups in total. The summed E-state index contributed by atoms with van der Waals surface area (Å²) >= 11 is 0. The number of hydrogen-bond donors (Lipinski definition) is 1. The summed E-state index contributed by atoms with van der Waals surface area (Å²) in [6.07, 6.45) is 4.68. The van der Waals surface area contributed by atoms with Crippen LogP contribution in [-0.2, 0) is 0 Å². The van der Waals surface area contributed by atoms with Crippen molar-refractivity contribution in [1.29, 1.82) is 0 Å². The van der Waals surface area contributed by atoms with Gasteiger partial charge in [-0.15, -0.1) is 0 Å². The van der Waals surface area contributed by atoms with Gasteiger partial charge < -0.3 is 10.1 Å². The summed E-state index contributed by atoms with van der Waals surface area (Å²) in [5.41, 5.74) is 0.808. The van der Waals surface area contributed by atoms with Gasteiger partial charge in [0.05, 0.1) is 17.7 Å². The second kappa shape index (κ2) is 5.91. The molecule has 1 aromatic rings. The van der Waals surface area contributed by atoms with Gasteiger partial charge in [-0.05, 0) is 24.8 Å². The third-order valence-electron chi connectivity index (χ3n) is 3.69. The van der Waals surface area contributed by atoms with Crippen LogP contribution in [0.5, 0.6) is 5.75 Å². The first-order valence-corrected chi connectivity index (χ1v) is 6.69. The molecule has 19 heavy (non-hydrogen) atoms. The van der Waals surface area contributed by atoms with Crippen molar-refractivity contribution in [2.45, 2.75) is 38.6 Å². The molecule has 104 valence electrons. The fourth-order valence-electron chi connectivity index (χ4n) is 2.71. The average molecular weight is 264 g/mol. The van der Waals surface area contributed by atoms with E-state index in [0.717, 1.165) is 18.5 Å². The second-order valence-electron chi connectivity index (χ2n) is 5.25. The Morgan fingerprint density at radius 2 is 2.21 bits per heavy atom. The number of hydrogen-bond acceptors (Lipinski definition) is 4. The Morgan fingerprint density at radius 3 is 2.84 bits per heavy atom. The molecule has 0 bridgehead atoms. The van der Waals surface area contributed by atoms with E-state index in [1.807, 2.05) is 0 Å². The number of methoxy groups -OCH3 is 1. The van der Waals surface area contributed by atoms with Gasteiger partial charge in [0.25, 0.3) is 5.69 Å². The predicted molar refractivity (Wildman–Crippen MR) is 74.7 cm³/mol. The molecule has 2 atom stereocenters. The molecule has 0 radical (unpaired) electrons. The van der Waals surface area contributed by atoms with Crippen molar-refractivity contribution in [3.63, 3.8) is 0 Å². The molecule has 0 heterocycles. The monoisotopic (exact) mass is 264 g/mol. The fourth-order valence-corrected chi connectivity index (χ4v) is 2.71. The molecule has 0 saturated heterocycles. The highest BCUT2D eigenvalue weighted by Gasteiger charge is 2.20. The lowest BCUT2D eigenvalue weighted by Crippen LogP contribution is -2.26. The van der Waals surface area contributed by atoms with Crippen molar-refractivity contribution >= 4 is 11.4 Å². The summed E-state index contributed by atoms with van der Waals surface area (Å²) in [6.45, 7) is 2.25. The summed E-state index contributed by atoms with van der Waals surface area (Å²) in [5.74, 6) is 1.36. The first kappa shape index (κ1) is 13.6. The van der Waals surface area contributed by atoms with E-state index in [2.05, 4.69) is 12.2 Å². The molecule has 1 aromatic carbocycles. The number of nitro groups is 1. The van der Waals surface area contributed by atoms with Crippen LogP contribution in [0.1, 0.15) is 32.6 Å². The Hall–Kier alpha value is -1.78. The quantitative estimate of drug-likeness (QED) is 0.666. The Morgan fingerprint density at radius 1 is 1.42 bits per heavy atom. The lowest BCUT2D eigenvalue weighted by atomic mass is 9.87. The number of nitrogens with one attached hydrogen (secondary N) is 1. The molecule has 2 rings (SSSR count). The minimum absolute atomic E-state index is 0.0900. The van der Waals surface area contributed by atoms with Crippen LogP contribution in [0.25, 0.3) is 0 Å². The zero-order valence-corrected chi connectivity index (χ0v) is 11.4. The molecule has 1 aliphatic rings. The molecule has 5 nitrogen and oxygen atoms in total. The van der Waals surface area contributed by atoms with E-state index in [9.17, 15) is 10.1 Å². The maximum Gasteiger partial charge on any atom is 0.271 e. The number of nitrogens with zero attached hydrogens (tertiary/aromatic N) is 1. The highest BCUT2D eigenvalue weighted by Crippen LogP contribution is 2.32. The summed E-state index contributed by atoms with van der Waals surface area (Å²) in [6, 6.07) is 5.04. The van der Waals surface area contributed by atoms with Crippen LogP contribution in [0.2, 0.25) is 0 Å². The highest BCUT2D eigenvalue weighted by molar-refractivity contribution is 5.62. The molecule has 0 amide bonds. The van der Waals surface area contributed by atoms with Crippen LogP contribution in [0.3, 0.4) is 0 Å². The minimum atomic E-state index is -0.381. The predicted octanol–water partition coefficient (Wildman–Crippen LogP) is 3.59. The van der Waals surface area contributed by atoms with E-state index in [4.69, 9.17) is 4.74 Å². The number of rotatable bonds is 4. The van der Waals surface area contributed by atoms with Gasteiger partial charge in [0.15, 0.2) is 0 Å². The zero-order chi connectivity index (χ0) is 13.8. The summed E-state index contributed by atoms with van der Waals surface area (Å²) in [4.78, 5) is 10.5. The van der Waals surface area contributed by atoms with Gasteiger partial charge in [-0.2, -0.15) is 0 Å². The van der Waals surface area contributed by atoms with Crippen LogP contribution in [0, 0.1) is 16.0 Å². The fraction of sp³-hybridized carbons (Fsp3) is 0.571. The molecular weight excluding hydrogens is 244 g/mol. The molecule has 0 unspecified atom stereocenters. The van der Waals surface area contributed by atoms with Gasteiger partial charge in [-0.25, -0.2) is 0 Å². The van der Waals surface area contributed by atoms with Crippen molar-refractivity contribution in [3.8, 4) is 5.75 Å². The Balaban J connectivity index is 2.17. The van der Waals surface area contributed by atoms with Gasteiger partial charge in [0.2, 0.25) is 0 Å². The Labute approximate surface area is 113 Å². The van der Waals surface area contributed by atoms with Crippen LogP contribution in [0.15, 0.2) is 18.2 Å². The van der Waals surface area contributed by atoms with Crippen molar-refractivity contribution < 1.29 is 9.66 Å². The van der Waals surface area contributed by atoms with Crippen LogP contribution < -0.4 is 10.1 Å². The molecule has 1 fully saturated rings. The van der Waals surface area contributed by atoms with E-state index >= 15 is 0 Å². The van der Waals surface area contributed by atoms with E-state index in [0.29, 0.717) is 17.7 Å². The zero-order valence-electron chi connectivity index (χ0n) is 11.4. The number of anilines is 1. The molecular formula is C14H20N2O3. The largest absolute Gasteiger partial charge is 0.495 e. The van der Waals surface area contributed by atoms with Crippen LogP contribution >= 0.6 is 0 Å². The summed E-state index contributed by atoms with van der Waals surface area (Å²) in [5, 5.41) is 14.2. The maximum atomic E-state index is 10.8. The van der Waals surface area contributed by atoms with Gasteiger partial charge in [0.1, 0.15) is 5.75 Å². The first-order valence-electron chi connectivity index (χ1n) is 6.69. The number of ether oxygens (including phenoxy) is 1. The third kappa shape index (κ3) is 3.36. The van der Waals surface area contributed by atoms with Gasteiger partial charge in [0, 0.05) is 18.2 Å². The second-order valence-corrected chi connectivity index (χ2v) is 5.25.